The van der Waals surface area contributed by atoms with Gasteiger partial charge in [0, 0.05) is 37.1 Å². The highest BCUT2D eigenvalue weighted by Crippen LogP contribution is 2.38. The van der Waals surface area contributed by atoms with E-state index in [1.807, 2.05) is 6.07 Å². The molecule has 2 aliphatic rings. The molecular formula is C21H29FN4O2S2. The van der Waals surface area contributed by atoms with Gasteiger partial charge in [-0.2, -0.15) is 12.7 Å². The average Bonchev–Trinajstić information content (AvgIpc) is 3.03. The number of rotatable bonds is 6. The molecule has 2 aliphatic carbocycles. The minimum Gasteiger partial charge on any atom is -0.359 e. The number of aryl methyl sites for hydroxylation is 2. The summed E-state index contributed by atoms with van der Waals surface area (Å²) in [7, 11) is -0.293. The third kappa shape index (κ3) is 4.85. The van der Waals surface area contributed by atoms with Crippen molar-refractivity contribution in [1.29, 1.82) is 0 Å². The van der Waals surface area contributed by atoms with Crippen LogP contribution in [0, 0.1) is 11.7 Å². The molecule has 1 heterocycles. The standard InChI is InChI=1S/C21H29FN4O2S2/c1-26(2)30(27,28)23-13-14-6-10-17(11-7-14)24-21-25-20-18-12-16(22)9-8-15(18)4-3-5-19(20)29-21/h8-9,12,14,17,23H,3-7,10-11,13H2,1-2H3,(H,24,25). The SMILES string of the molecule is CN(C)S(=O)(=O)NCC1CCC(Nc2nc3c(s2)CCCc2ccc(F)cc2-3)CC1. The molecule has 9 heteroatoms. The van der Waals surface area contributed by atoms with Crippen LogP contribution in [-0.4, -0.2) is 44.4 Å². The number of hydrogen-bond donors (Lipinski definition) is 2. The van der Waals surface area contributed by atoms with Crippen LogP contribution in [0.15, 0.2) is 18.2 Å². The number of halogens is 1. The zero-order chi connectivity index (χ0) is 21.3. The first-order valence-electron chi connectivity index (χ1n) is 10.5. The predicted molar refractivity (Wildman–Crippen MR) is 120 cm³/mol. The number of aromatic nitrogens is 1. The van der Waals surface area contributed by atoms with Crippen molar-refractivity contribution in [1.82, 2.24) is 14.0 Å². The molecule has 1 saturated carbocycles. The van der Waals surface area contributed by atoms with Gasteiger partial charge in [0.15, 0.2) is 5.13 Å². The van der Waals surface area contributed by atoms with Gasteiger partial charge in [-0.05, 0) is 68.6 Å². The van der Waals surface area contributed by atoms with E-state index in [9.17, 15) is 12.8 Å². The number of nitrogens with one attached hydrogen (secondary N) is 2. The van der Waals surface area contributed by atoms with Crippen LogP contribution in [0.1, 0.15) is 42.5 Å². The molecule has 1 fully saturated rings. The van der Waals surface area contributed by atoms with Gasteiger partial charge in [0.05, 0.1) is 5.69 Å². The van der Waals surface area contributed by atoms with Crippen molar-refractivity contribution in [2.45, 2.75) is 51.0 Å². The van der Waals surface area contributed by atoms with Crippen molar-refractivity contribution < 1.29 is 12.8 Å². The highest BCUT2D eigenvalue weighted by molar-refractivity contribution is 7.87. The Labute approximate surface area is 182 Å². The molecule has 1 aromatic heterocycles. The summed E-state index contributed by atoms with van der Waals surface area (Å²) in [6.07, 6.45) is 6.93. The molecule has 2 N–H and O–H groups in total. The summed E-state index contributed by atoms with van der Waals surface area (Å²) in [5.41, 5.74) is 3.04. The molecule has 0 atom stereocenters. The molecule has 0 bridgehead atoms. The van der Waals surface area contributed by atoms with Gasteiger partial charge in [-0.1, -0.05) is 6.07 Å². The summed E-state index contributed by atoms with van der Waals surface area (Å²) in [6.45, 7) is 0.487. The van der Waals surface area contributed by atoms with Crippen LogP contribution in [0.2, 0.25) is 0 Å². The van der Waals surface area contributed by atoms with Crippen molar-refractivity contribution in [3.63, 3.8) is 0 Å². The normalized spacial score (nSPS) is 21.7. The minimum absolute atomic E-state index is 0.215. The number of nitrogens with zero attached hydrogens (tertiary/aromatic N) is 2. The van der Waals surface area contributed by atoms with E-state index >= 15 is 0 Å². The van der Waals surface area contributed by atoms with Gasteiger partial charge in [-0.3, -0.25) is 0 Å². The molecule has 0 amide bonds. The Morgan fingerprint density at radius 2 is 1.97 bits per heavy atom. The van der Waals surface area contributed by atoms with E-state index in [0.29, 0.717) is 18.5 Å². The summed E-state index contributed by atoms with van der Waals surface area (Å²) in [5.74, 6) is 0.146. The van der Waals surface area contributed by atoms with Gasteiger partial charge in [-0.25, -0.2) is 14.1 Å². The molecule has 0 saturated heterocycles. The second-order valence-corrected chi connectivity index (χ2v) is 11.5. The molecule has 4 rings (SSSR count). The summed E-state index contributed by atoms with van der Waals surface area (Å²) in [6, 6.07) is 5.38. The quantitative estimate of drug-likeness (QED) is 0.699. The molecule has 2 aromatic rings. The fourth-order valence-electron chi connectivity index (χ4n) is 4.26. The third-order valence-corrected chi connectivity index (χ3v) is 8.62. The molecule has 6 nitrogen and oxygen atoms in total. The second kappa shape index (κ2) is 8.90. The Morgan fingerprint density at radius 1 is 1.20 bits per heavy atom. The number of anilines is 1. The first-order chi connectivity index (χ1) is 14.3. The largest absolute Gasteiger partial charge is 0.359 e. The molecule has 164 valence electrons. The van der Waals surface area contributed by atoms with Crippen LogP contribution >= 0.6 is 11.3 Å². The number of benzene rings is 1. The monoisotopic (exact) mass is 452 g/mol. The summed E-state index contributed by atoms with van der Waals surface area (Å²) < 4.78 is 41.5. The van der Waals surface area contributed by atoms with Crippen molar-refractivity contribution in [3.05, 3.63) is 34.5 Å². The van der Waals surface area contributed by atoms with Gasteiger partial charge in [0.1, 0.15) is 5.82 Å². The Balaban J connectivity index is 1.37. The molecular weight excluding hydrogens is 423 g/mol. The van der Waals surface area contributed by atoms with E-state index in [4.69, 9.17) is 4.98 Å². The first-order valence-corrected chi connectivity index (χ1v) is 12.8. The van der Waals surface area contributed by atoms with Gasteiger partial charge >= 0.3 is 0 Å². The van der Waals surface area contributed by atoms with Crippen LogP contribution in [0.5, 0.6) is 0 Å². The van der Waals surface area contributed by atoms with Crippen molar-refractivity contribution >= 4 is 26.7 Å². The number of fused-ring (bicyclic) bond motifs is 3. The van der Waals surface area contributed by atoms with Crippen LogP contribution in [0.3, 0.4) is 0 Å². The van der Waals surface area contributed by atoms with E-state index in [1.165, 1.54) is 34.9 Å². The Hall–Kier alpha value is -1.55. The molecule has 0 unspecified atom stereocenters. The van der Waals surface area contributed by atoms with E-state index in [0.717, 1.165) is 61.3 Å². The third-order valence-electron chi connectivity index (χ3n) is 6.08. The average molecular weight is 453 g/mol. The maximum Gasteiger partial charge on any atom is 0.278 e. The van der Waals surface area contributed by atoms with Crippen LogP contribution in [-0.2, 0) is 23.1 Å². The second-order valence-electron chi connectivity index (χ2n) is 8.44. The fraction of sp³-hybridized carbons (Fsp3) is 0.571. The zero-order valence-corrected chi connectivity index (χ0v) is 19.1. The Bertz CT molecular complexity index is 998. The smallest absolute Gasteiger partial charge is 0.278 e. The Kier molecular flexibility index (Phi) is 6.43. The van der Waals surface area contributed by atoms with Crippen LogP contribution in [0.4, 0.5) is 9.52 Å². The van der Waals surface area contributed by atoms with Crippen molar-refractivity contribution in [3.8, 4) is 11.3 Å². The van der Waals surface area contributed by atoms with Gasteiger partial charge < -0.3 is 5.32 Å². The van der Waals surface area contributed by atoms with E-state index in [-0.39, 0.29) is 5.82 Å². The lowest BCUT2D eigenvalue weighted by atomic mass is 9.86. The maximum absolute atomic E-state index is 13.8. The summed E-state index contributed by atoms with van der Waals surface area (Å²) >= 11 is 1.69. The minimum atomic E-state index is -3.36. The highest BCUT2D eigenvalue weighted by atomic mass is 32.2. The highest BCUT2D eigenvalue weighted by Gasteiger charge is 2.25. The molecule has 0 radical (unpaired) electrons. The maximum atomic E-state index is 13.8. The van der Waals surface area contributed by atoms with Crippen molar-refractivity contribution in [2.24, 2.45) is 5.92 Å². The fourth-order valence-corrected chi connectivity index (χ4v) is 6.06. The molecule has 0 aliphatic heterocycles. The van der Waals surface area contributed by atoms with Crippen LogP contribution in [0.25, 0.3) is 11.3 Å². The van der Waals surface area contributed by atoms with Crippen LogP contribution < -0.4 is 10.0 Å². The Morgan fingerprint density at radius 3 is 2.70 bits per heavy atom. The molecule has 0 spiro atoms. The topological polar surface area (TPSA) is 74.3 Å². The van der Waals surface area contributed by atoms with Crippen molar-refractivity contribution in [2.75, 3.05) is 26.0 Å². The molecule has 1 aromatic carbocycles. The number of hydrogen-bond acceptors (Lipinski definition) is 5. The summed E-state index contributed by atoms with van der Waals surface area (Å²) in [4.78, 5) is 6.07. The first kappa shape index (κ1) is 21.7. The molecule has 30 heavy (non-hydrogen) atoms. The lowest BCUT2D eigenvalue weighted by molar-refractivity contribution is 0.335. The van der Waals surface area contributed by atoms with E-state index < -0.39 is 10.2 Å². The van der Waals surface area contributed by atoms with Gasteiger partial charge in [0.2, 0.25) is 0 Å². The predicted octanol–water partition coefficient (Wildman–Crippen LogP) is 3.80. The van der Waals surface area contributed by atoms with E-state index in [1.54, 1.807) is 17.4 Å². The summed E-state index contributed by atoms with van der Waals surface area (Å²) in [5, 5.41) is 4.49. The van der Waals surface area contributed by atoms with Gasteiger partial charge in [-0.15, -0.1) is 11.3 Å². The zero-order valence-electron chi connectivity index (χ0n) is 17.4. The van der Waals surface area contributed by atoms with Gasteiger partial charge in [0.25, 0.3) is 10.2 Å². The lowest BCUT2D eigenvalue weighted by Gasteiger charge is -2.29. The number of thiazole rings is 1. The lowest BCUT2D eigenvalue weighted by Crippen LogP contribution is -2.39. The van der Waals surface area contributed by atoms with E-state index in [2.05, 4.69) is 10.0 Å².